The number of halogens is 2. The Labute approximate surface area is 77.5 Å². The number of alkyl halides is 1. The third kappa shape index (κ3) is 1.45. The van der Waals surface area contributed by atoms with Crippen molar-refractivity contribution >= 4 is 38.4 Å². The number of rotatable bonds is 1. The molecule has 0 saturated heterocycles. The summed E-state index contributed by atoms with van der Waals surface area (Å²) in [6.45, 7) is 4.19. The maximum Gasteiger partial charge on any atom is 0.185 e. The third-order valence-electron chi connectivity index (χ3n) is 1.25. The molecule has 0 aromatic rings. The van der Waals surface area contributed by atoms with Crippen molar-refractivity contribution in [2.45, 2.75) is 25.0 Å². The van der Waals surface area contributed by atoms with Gasteiger partial charge in [-0.05, 0) is 29.8 Å². The molecule has 0 aromatic heterocycles. The summed E-state index contributed by atoms with van der Waals surface area (Å²) in [4.78, 5) is 0. The fourth-order valence-electron chi connectivity index (χ4n) is 0.711. The van der Waals surface area contributed by atoms with E-state index in [-0.39, 0.29) is 5.08 Å². The second kappa shape index (κ2) is 3.09. The standard InChI is InChI=1S/C5H9Br2N3/c1-4(2)10-5(6)9(7)3-8-10/h3-5H,1-2H3. The van der Waals surface area contributed by atoms with Crippen molar-refractivity contribution in [2.75, 3.05) is 0 Å². The highest BCUT2D eigenvalue weighted by atomic mass is 79.9. The second-order valence-corrected chi connectivity index (χ2v) is 4.00. The minimum Gasteiger partial charge on any atom is -0.264 e. The summed E-state index contributed by atoms with van der Waals surface area (Å²) in [5, 5.41) is 6.24. The van der Waals surface area contributed by atoms with Crippen LogP contribution in [-0.2, 0) is 0 Å². The van der Waals surface area contributed by atoms with Gasteiger partial charge in [0.25, 0.3) is 0 Å². The van der Waals surface area contributed by atoms with Gasteiger partial charge in [0.2, 0.25) is 0 Å². The van der Waals surface area contributed by atoms with E-state index in [9.17, 15) is 0 Å². The molecular formula is C5H9Br2N3. The molecule has 1 aliphatic rings. The van der Waals surface area contributed by atoms with E-state index in [1.165, 1.54) is 0 Å². The molecule has 58 valence electrons. The van der Waals surface area contributed by atoms with Crippen LogP contribution in [0.3, 0.4) is 0 Å². The van der Waals surface area contributed by atoms with Gasteiger partial charge in [0.15, 0.2) is 5.08 Å². The zero-order chi connectivity index (χ0) is 7.72. The van der Waals surface area contributed by atoms with E-state index in [0.717, 1.165) is 0 Å². The first-order valence-electron chi connectivity index (χ1n) is 3.03. The van der Waals surface area contributed by atoms with Crippen molar-refractivity contribution in [1.82, 2.24) is 8.93 Å². The van der Waals surface area contributed by atoms with Gasteiger partial charge >= 0.3 is 0 Å². The van der Waals surface area contributed by atoms with Gasteiger partial charge in [0, 0.05) is 6.04 Å². The topological polar surface area (TPSA) is 18.8 Å². The maximum atomic E-state index is 4.14. The van der Waals surface area contributed by atoms with Crippen LogP contribution in [0.15, 0.2) is 5.10 Å². The van der Waals surface area contributed by atoms with Crippen molar-refractivity contribution in [1.29, 1.82) is 0 Å². The van der Waals surface area contributed by atoms with Crippen molar-refractivity contribution in [3.63, 3.8) is 0 Å². The van der Waals surface area contributed by atoms with Crippen LogP contribution in [-0.4, -0.2) is 26.4 Å². The molecule has 1 rings (SSSR count). The molecule has 0 aliphatic carbocycles. The smallest absolute Gasteiger partial charge is 0.185 e. The Morgan fingerprint density at radius 3 is 2.40 bits per heavy atom. The first-order chi connectivity index (χ1) is 4.63. The molecule has 1 aliphatic heterocycles. The summed E-state index contributed by atoms with van der Waals surface area (Å²) in [7, 11) is 0. The fraction of sp³-hybridized carbons (Fsp3) is 0.800. The van der Waals surface area contributed by atoms with Crippen LogP contribution in [0, 0.1) is 0 Å². The minimum atomic E-state index is 0.146. The summed E-state index contributed by atoms with van der Waals surface area (Å²) >= 11 is 6.76. The summed E-state index contributed by atoms with van der Waals surface area (Å²) in [5.74, 6) is 0. The molecule has 0 amide bonds. The van der Waals surface area contributed by atoms with Crippen LogP contribution < -0.4 is 0 Å². The van der Waals surface area contributed by atoms with E-state index in [1.54, 1.807) is 6.34 Å². The van der Waals surface area contributed by atoms with Gasteiger partial charge in [-0.15, -0.1) is 0 Å². The monoisotopic (exact) mass is 269 g/mol. The molecule has 3 nitrogen and oxygen atoms in total. The van der Waals surface area contributed by atoms with E-state index < -0.39 is 0 Å². The lowest BCUT2D eigenvalue weighted by molar-refractivity contribution is 0.210. The summed E-state index contributed by atoms with van der Waals surface area (Å²) in [6.07, 6.45) is 1.74. The molecule has 0 bridgehead atoms. The first-order valence-corrected chi connectivity index (χ1v) is 4.66. The minimum absolute atomic E-state index is 0.146. The predicted molar refractivity (Wildman–Crippen MR) is 48.9 cm³/mol. The lowest BCUT2D eigenvalue weighted by Gasteiger charge is -2.24. The van der Waals surface area contributed by atoms with E-state index in [0.29, 0.717) is 6.04 Å². The molecule has 1 heterocycles. The molecule has 0 fully saturated rings. The van der Waals surface area contributed by atoms with Gasteiger partial charge in [-0.3, -0.25) is 8.93 Å². The molecule has 1 atom stereocenters. The Morgan fingerprint density at radius 2 is 2.20 bits per heavy atom. The van der Waals surface area contributed by atoms with Crippen LogP contribution in [0.2, 0.25) is 0 Å². The van der Waals surface area contributed by atoms with Gasteiger partial charge < -0.3 is 0 Å². The van der Waals surface area contributed by atoms with E-state index in [2.05, 4.69) is 51.0 Å². The third-order valence-corrected chi connectivity index (χ3v) is 3.23. The highest BCUT2D eigenvalue weighted by Crippen LogP contribution is 2.22. The Morgan fingerprint density at radius 1 is 1.60 bits per heavy atom. The van der Waals surface area contributed by atoms with E-state index >= 15 is 0 Å². The summed E-state index contributed by atoms with van der Waals surface area (Å²) < 4.78 is 1.83. The quantitative estimate of drug-likeness (QED) is 0.412. The number of hydrazone groups is 1. The fourth-order valence-corrected chi connectivity index (χ4v) is 1.67. The van der Waals surface area contributed by atoms with Crippen molar-refractivity contribution in [3.8, 4) is 0 Å². The largest absolute Gasteiger partial charge is 0.264 e. The SMILES string of the molecule is CC(C)N1N=CN(Br)C1Br. The number of nitrogens with zero attached hydrogens (tertiary/aromatic N) is 3. The summed E-state index contributed by atoms with van der Waals surface area (Å²) in [6, 6.07) is 0.420. The van der Waals surface area contributed by atoms with E-state index in [4.69, 9.17) is 0 Å². The second-order valence-electron chi connectivity index (χ2n) is 2.36. The maximum absolute atomic E-state index is 4.14. The number of hydrogen-bond donors (Lipinski definition) is 0. The Bertz CT molecular complexity index is 148. The Balaban J connectivity index is 2.58. The zero-order valence-electron chi connectivity index (χ0n) is 5.83. The van der Waals surface area contributed by atoms with Crippen LogP contribution >= 0.6 is 32.1 Å². The average Bonchev–Trinajstić information content (AvgIpc) is 2.14. The predicted octanol–water partition coefficient (Wildman–Crippen LogP) is 1.94. The van der Waals surface area contributed by atoms with Gasteiger partial charge in [-0.25, -0.2) is 0 Å². The molecule has 0 radical (unpaired) electrons. The van der Waals surface area contributed by atoms with Gasteiger partial charge in [-0.2, -0.15) is 5.10 Å². The van der Waals surface area contributed by atoms with Gasteiger partial charge in [0.1, 0.15) is 6.34 Å². The normalized spacial score (nSPS) is 25.1. The van der Waals surface area contributed by atoms with Crippen LogP contribution in [0.1, 0.15) is 13.8 Å². The highest BCUT2D eigenvalue weighted by molar-refractivity contribution is 9.11. The average molecular weight is 271 g/mol. The van der Waals surface area contributed by atoms with Crippen LogP contribution in [0.25, 0.3) is 0 Å². The van der Waals surface area contributed by atoms with E-state index in [1.807, 2.05) is 8.93 Å². The lowest BCUT2D eigenvalue weighted by atomic mass is 10.4. The number of hydrogen-bond acceptors (Lipinski definition) is 3. The molecule has 0 N–H and O–H groups in total. The van der Waals surface area contributed by atoms with Crippen molar-refractivity contribution in [3.05, 3.63) is 0 Å². The van der Waals surface area contributed by atoms with Crippen molar-refractivity contribution < 1.29 is 0 Å². The van der Waals surface area contributed by atoms with Crippen LogP contribution in [0.5, 0.6) is 0 Å². The van der Waals surface area contributed by atoms with Crippen LogP contribution in [0.4, 0.5) is 0 Å². The molecule has 0 spiro atoms. The molecule has 5 heteroatoms. The Kier molecular flexibility index (Phi) is 2.57. The molecule has 0 aromatic carbocycles. The zero-order valence-corrected chi connectivity index (χ0v) is 9.00. The molecule has 0 saturated carbocycles. The van der Waals surface area contributed by atoms with Crippen molar-refractivity contribution in [2.24, 2.45) is 5.10 Å². The molecular weight excluding hydrogens is 262 g/mol. The first kappa shape index (κ1) is 8.33. The molecule has 10 heavy (non-hydrogen) atoms. The molecule has 1 unspecified atom stereocenters. The Hall–Kier alpha value is 0.230. The highest BCUT2D eigenvalue weighted by Gasteiger charge is 2.25. The summed E-state index contributed by atoms with van der Waals surface area (Å²) in [5.41, 5.74) is 0. The lowest BCUT2D eigenvalue weighted by Crippen LogP contribution is -2.33. The van der Waals surface area contributed by atoms with Gasteiger partial charge in [-0.1, -0.05) is 0 Å². The van der Waals surface area contributed by atoms with Gasteiger partial charge in [0.05, 0.1) is 16.1 Å².